The van der Waals surface area contributed by atoms with Gasteiger partial charge < -0.3 is 14.9 Å². The number of hydrogen-bond donors (Lipinski definition) is 2. The molecule has 2 heterocycles. The maximum Gasteiger partial charge on any atom is 0.0840 e. The SMILES string of the molecule is CCCCCCCCCCCC[C@@H](O)[C@H]1CC[C@H]([C@H](O)CCCCCCCCCCCCc2ccnn2C)O1. The Labute approximate surface area is 241 Å². The number of aryl methyl sites for hydroxylation is 2. The van der Waals surface area contributed by atoms with Crippen LogP contribution in [0.5, 0.6) is 0 Å². The summed E-state index contributed by atoms with van der Waals surface area (Å²) in [6.45, 7) is 2.27. The predicted molar refractivity (Wildman–Crippen MR) is 164 cm³/mol. The Morgan fingerprint density at radius 2 is 1.10 bits per heavy atom. The first-order valence-corrected chi connectivity index (χ1v) is 17.1. The molecule has 0 amide bonds. The zero-order valence-electron chi connectivity index (χ0n) is 25.8. The van der Waals surface area contributed by atoms with Crippen molar-refractivity contribution in [1.82, 2.24) is 9.78 Å². The third kappa shape index (κ3) is 16.2. The third-order valence-corrected chi connectivity index (χ3v) is 8.90. The van der Waals surface area contributed by atoms with E-state index in [9.17, 15) is 10.2 Å². The van der Waals surface area contributed by atoms with Gasteiger partial charge in [0, 0.05) is 18.9 Å². The lowest BCUT2D eigenvalue weighted by Gasteiger charge is -2.22. The minimum atomic E-state index is -0.370. The molecule has 1 saturated heterocycles. The van der Waals surface area contributed by atoms with Crippen LogP contribution in [0.2, 0.25) is 0 Å². The van der Waals surface area contributed by atoms with Crippen molar-refractivity contribution in [3.05, 3.63) is 18.0 Å². The summed E-state index contributed by atoms with van der Waals surface area (Å²) in [5, 5.41) is 25.4. The standard InChI is InChI=1S/C34H64N2O3/c1-3-4-5-6-7-8-12-15-18-21-24-31(37)33-26-27-34(39-33)32(38)25-22-19-16-13-10-9-11-14-17-20-23-30-28-29-35-36(30)2/h28-29,31-34,37-38H,3-27H2,1-2H3/t31-,32-,33-,34-/m1/s1. The highest BCUT2D eigenvalue weighted by Gasteiger charge is 2.33. The van der Waals surface area contributed by atoms with Crippen LogP contribution in [-0.2, 0) is 18.2 Å². The smallest absolute Gasteiger partial charge is 0.0840 e. The summed E-state index contributed by atoms with van der Waals surface area (Å²) in [5.41, 5.74) is 1.34. The molecule has 1 aliphatic heterocycles. The van der Waals surface area contributed by atoms with Crippen LogP contribution in [0.1, 0.15) is 167 Å². The zero-order chi connectivity index (χ0) is 28.0. The van der Waals surface area contributed by atoms with Gasteiger partial charge >= 0.3 is 0 Å². The van der Waals surface area contributed by atoms with E-state index in [1.54, 1.807) is 0 Å². The van der Waals surface area contributed by atoms with Gasteiger partial charge in [0.25, 0.3) is 0 Å². The minimum absolute atomic E-state index is 0.0710. The van der Waals surface area contributed by atoms with E-state index < -0.39 is 0 Å². The van der Waals surface area contributed by atoms with Gasteiger partial charge in [-0.2, -0.15) is 5.10 Å². The van der Waals surface area contributed by atoms with E-state index >= 15 is 0 Å². The average molecular weight is 549 g/mol. The molecule has 0 spiro atoms. The van der Waals surface area contributed by atoms with E-state index in [0.29, 0.717) is 0 Å². The molecule has 1 aliphatic rings. The van der Waals surface area contributed by atoms with Gasteiger partial charge in [-0.3, -0.25) is 4.68 Å². The molecule has 4 atom stereocenters. The molecule has 5 nitrogen and oxygen atoms in total. The first kappa shape index (κ1) is 34.3. The molecule has 1 fully saturated rings. The number of aliphatic hydroxyl groups excluding tert-OH is 2. The van der Waals surface area contributed by atoms with Gasteiger partial charge in [0.05, 0.1) is 24.4 Å². The second-order valence-corrected chi connectivity index (χ2v) is 12.4. The minimum Gasteiger partial charge on any atom is -0.390 e. The quantitative estimate of drug-likeness (QED) is 0.113. The van der Waals surface area contributed by atoms with E-state index in [-0.39, 0.29) is 24.4 Å². The van der Waals surface area contributed by atoms with Crippen LogP contribution in [0, 0.1) is 0 Å². The number of ether oxygens (including phenoxy) is 1. The fourth-order valence-electron chi connectivity index (χ4n) is 6.19. The normalized spacial score (nSPS) is 19.1. The molecule has 228 valence electrons. The molecule has 5 heteroatoms. The van der Waals surface area contributed by atoms with Crippen LogP contribution in [-0.4, -0.2) is 44.4 Å². The number of nitrogens with zero attached hydrogens (tertiary/aromatic N) is 2. The zero-order valence-corrected chi connectivity index (χ0v) is 25.8. The van der Waals surface area contributed by atoms with Gasteiger partial charge in [-0.15, -0.1) is 0 Å². The summed E-state index contributed by atoms with van der Waals surface area (Å²) < 4.78 is 8.09. The lowest BCUT2D eigenvalue weighted by atomic mass is 10.00. The van der Waals surface area contributed by atoms with Crippen LogP contribution in [0.25, 0.3) is 0 Å². The Morgan fingerprint density at radius 1 is 0.692 bits per heavy atom. The fourth-order valence-corrected chi connectivity index (χ4v) is 6.19. The first-order valence-electron chi connectivity index (χ1n) is 17.1. The Morgan fingerprint density at radius 3 is 1.51 bits per heavy atom. The summed E-state index contributed by atoms with van der Waals surface area (Å²) >= 11 is 0. The van der Waals surface area contributed by atoms with Crippen molar-refractivity contribution >= 4 is 0 Å². The van der Waals surface area contributed by atoms with Gasteiger partial charge in [0.15, 0.2) is 0 Å². The highest BCUT2D eigenvalue weighted by molar-refractivity contribution is 4.99. The highest BCUT2D eigenvalue weighted by atomic mass is 16.5. The third-order valence-electron chi connectivity index (χ3n) is 8.90. The fraction of sp³-hybridized carbons (Fsp3) is 0.912. The number of aliphatic hydroxyl groups is 2. The molecule has 0 unspecified atom stereocenters. The molecule has 2 N–H and O–H groups in total. The van der Waals surface area contributed by atoms with Crippen LogP contribution in [0.15, 0.2) is 12.3 Å². The van der Waals surface area contributed by atoms with Gasteiger partial charge in [0.1, 0.15) is 0 Å². The molecule has 0 bridgehead atoms. The molecular formula is C34H64N2O3. The Balaban J connectivity index is 1.35. The summed E-state index contributed by atoms with van der Waals surface area (Å²) in [6.07, 6.45) is 31.7. The van der Waals surface area contributed by atoms with Crippen molar-refractivity contribution in [2.24, 2.45) is 7.05 Å². The molecular weight excluding hydrogens is 484 g/mol. The lowest BCUT2D eigenvalue weighted by Crippen LogP contribution is -2.31. The summed E-state index contributed by atoms with van der Waals surface area (Å²) in [5.74, 6) is 0. The van der Waals surface area contributed by atoms with Crippen LogP contribution in [0.3, 0.4) is 0 Å². The summed E-state index contributed by atoms with van der Waals surface area (Å²) in [6, 6.07) is 2.13. The molecule has 0 aromatic carbocycles. The number of hydrogen-bond acceptors (Lipinski definition) is 4. The lowest BCUT2D eigenvalue weighted by molar-refractivity contribution is -0.0786. The second kappa shape index (κ2) is 22.7. The summed E-state index contributed by atoms with van der Waals surface area (Å²) in [7, 11) is 2.03. The Kier molecular flexibility index (Phi) is 20.0. The predicted octanol–water partition coefficient (Wildman–Crippen LogP) is 8.83. The average Bonchev–Trinajstić information content (AvgIpc) is 3.59. The molecule has 0 aliphatic carbocycles. The van der Waals surface area contributed by atoms with Crippen molar-refractivity contribution in [2.45, 2.75) is 192 Å². The monoisotopic (exact) mass is 548 g/mol. The number of aromatic nitrogens is 2. The number of unbranched alkanes of at least 4 members (excludes halogenated alkanes) is 18. The molecule has 1 aromatic rings. The maximum absolute atomic E-state index is 10.6. The van der Waals surface area contributed by atoms with Gasteiger partial charge in [0.2, 0.25) is 0 Å². The largest absolute Gasteiger partial charge is 0.390 e. The second-order valence-electron chi connectivity index (χ2n) is 12.4. The molecule has 0 radical (unpaired) electrons. The number of rotatable bonds is 26. The van der Waals surface area contributed by atoms with Gasteiger partial charge in [-0.1, -0.05) is 129 Å². The van der Waals surface area contributed by atoms with E-state index in [0.717, 1.165) is 44.9 Å². The van der Waals surface area contributed by atoms with Crippen LogP contribution < -0.4 is 0 Å². The Bertz CT molecular complexity index is 679. The topological polar surface area (TPSA) is 67.5 Å². The van der Waals surface area contributed by atoms with Crippen molar-refractivity contribution in [3.63, 3.8) is 0 Å². The highest BCUT2D eigenvalue weighted by Crippen LogP contribution is 2.28. The van der Waals surface area contributed by atoms with E-state index in [1.807, 2.05) is 17.9 Å². The molecule has 0 saturated carbocycles. The van der Waals surface area contributed by atoms with Crippen LogP contribution in [0.4, 0.5) is 0 Å². The molecule has 2 rings (SSSR count). The maximum atomic E-state index is 10.6. The first-order chi connectivity index (χ1) is 19.1. The van der Waals surface area contributed by atoms with Crippen molar-refractivity contribution in [1.29, 1.82) is 0 Å². The van der Waals surface area contributed by atoms with Crippen molar-refractivity contribution in [3.8, 4) is 0 Å². The van der Waals surface area contributed by atoms with Crippen molar-refractivity contribution in [2.75, 3.05) is 0 Å². The van der Waals surface area contributed by atoms with Crippen LogP contribution >= 0.6 is 0 Å². The summed E-state index contributed by atoms with van der Waals surface area (Å²) in [4.78, 5) is 0. The van der Waals surface area contributed by atoms with E-state index in [1.165, 1.54) is 121 Å². The van der Waals surface area contributed by atoms with Gasteiger partial charge in [-0.25, -0.2) is 0 Å². The van der Waals surface area contributed by atoms with Crippen molar-refractivity contribution < 1.29 is 14.9 Å². The Hall–Kier alpha value is -0.910. The molecule has 39 heavy (non-hydrogen) atoms. The molecule has 1 aromatic heterocycles. The van der Waals surface area contributed by atoms with E-state index in [2.05, 4.69) is 18.1 Å². The van der Waals surface area contributed by atoms with Gasteiger partial charge in [-0.05, 0) is 44.6 Å². The van der Waals surface area contributed by atoms with E-state index in [4.69, 9.17) is 4.74 Å².